The predicted octanol–water partition coefficient (Wildman–Crippen LogP) is 2.01. The van der Waals surface area contributed by atoms with Crippen LogP contribution in [0.15, 0.2) is 18.2 Å². The van der Waals surface area contributed by atoms with Crippen LogP contribution in [0.4, 0.5) is 10.1 Å². The Balaban J connectivity index is 2.04. The average molecular weight is 279 g/mol. The Morgan fingerprint density at radius 2 is 2.05 bits per heavy atom. The number of amides is 1. The van der Waals surface area contributed by atoms with Crippen molar-refractivity contribution in [3.63, 3.8) is 0 Å². The third-order valence-electron chi connectivity index (χ3n) is 4.30. The van der Waals surface area contributed by atoms with Crippen molar-refractivity contribution in [3.05, 3.63) is 29.6 Å². The molecule has 110 valence electrons. The number of halogens is 1. The van der Waals surface area contributed by atoms with Crippen molar-refractivity contribution in [2.45, 2.75) is 31.2 Å². The number of anilines is 1. The molecule has 0 saturated heterocycles. The van der Waals surface area contributed by atoms with Crippen LogP contribution in [0.1, 0.15) is 36.0 Å². The molecular weight excluding hydrogens is 257 g/mol. The molecule has 0 bridgehead atoms. The lowest BCUT2D eigenvalue weighted by atomic mass is 9.96. The minimum absolute atomic E-state index is 0.0000552. The number of rotatable bonds is 4. The summed E-state index contributed by atoms with van der Waals surface area (Å²) in [5.41, 5.74) is 5.85. The second-order valence-electron chi connectivity index (χ2n) is 5.75. The van der Waals surface area contributed by atoms with E-state index in [2.05, 4.69) is 10.2 Å². The van der Waals surface area contributed by atoms with Crippen molar-refractivity contribution >= 4 is 11.6 Å². The highest BCUT2D eigenvalue weighted by molar-refractivity contribution is 5.94. The van der Waals surface area contributed by atoms with E-state index in [0.29, 0.717) is 12.2 Å². The maximum absolute atomic E-state index is 13.7. The first kappa shape index (κ1) is 14.8. The molecule has 0 aliphatic heterocycles. The van der Waals surface area contributed by atoms with Crippen molar-refractivity contribution in [2.75, 3.05) is 26.4 Å². The van der Waals surface area contributed by atoms with Crippen molar-refractivity contribution in [1.82, 2.24) is 10.2 Å². The first-order chi connectivity index (χ1) is 9.44. The van der Waals surface area contributed by atoms with Crippen LogP contribution in [-0.4, -0.2) is 37.0 Å². The van der Waals surface area contributed by atoms with Gasteiger partial charge in [0.2, 0.25) is 0 Å². The fourth-order valence-corrected chi connectivity index (χ4v) is 2.87. The molecular formula is C15H22FN3O. The molecule has 0 atom stereocenters. The molecule has 4 nitrogen and oxygen atoms in total. The van der Waals surface area contributed by atoms with Crippen LogP contribution in [-0.2, 0) is 0 Å². The normalized spacial score (nSPS) is 17.4. The zero-order valence-electron chi connectivity index (χ0n) is 12.1. The van der Waals surface area contributed by atoms with Crippen LogP contribution in [0.5, 0.6) is 0 Å². The molecule has 1 aliphatic rings. The quantitative estimate of drug-likeness (QED) is 0.829. The zero-order chi connectivity index (χ0) is 14.8. The summed E-state index contributed by atoms with van der Waals surface area (Å²) in [5, 5.41) is 2.86. The van der Waals surface area contributed by atoms with Crippen LogP contribution in [0.3, 0.4) is 0 Å². The predicted molar refractivity (Wildman–Crippen MR) is 78.0 cm³/mol. The second kappa shape index (κ2) is 5.79. The maximum atomic E-state index is 13.7. The Bertz CT molecular complexity index is 496. The van der Waals surface area contributed by atoms with Gasteiger partial charge in [-0.1, -0.05) is 12.8 Å². The van der Waals surface area contributed by atoms with Crippen LogP contribution < -0.4 is 11.1 Å². The van der Waals surface area contributed by atoms with Crippen LogP contribution in [0.2, 0.25) is 0 Å². The molecule has 1 amide bonds. The summed E-state index contributed by atoms with van der Waals surface area (Å²) in [6.45, 7) is 0.544. The number of nitrogen functional groups attached to an aromatic ring is 1. The number of benzene rings is 1. The third kappa shape index (κ3) is 2.93. The zero-order valence-corrected chi connectivity index (χ0v) is 12.1. The molecule has 1 aromatic carbocycles. The molecule has 0 heterocycles. The van der Waals surface area contributed by atoms with Gasteiger partial charge in [0.25, 0.3) is 5.91 Å². The van der Waals surface area contributed by atoms with Gasteiger partial charge in [0, 0.05) is 17.8 Å². The molecule has 20 heavy (non-hydrogen) atoms. The van der Waals surface area contributed by atoms with Gasteiger partial charge in [0.1, 0.15) is 5.82 Å². The Labute approximate surface area is 119 Å². The number of carbonyl (C=O) groups is 1. The molecule has 0 aromatic heterocycles. The summed E-state index contributed by atoms with van der Waals surface area (Å²) in [5.74, 6) is -0.955. The van der Waals surface area contributed by atoms with Gasteiger partial charge in [-0.25, -0.2) is 4.39 Å². The lowest BCUT2D eigenvalue weighted by Crippen LogP contribution is -2.50. The summed E-state index contributed by atoms with van der Waals surface area (Å²) < 4.78 is 13.7. The summed E-state index contributed by atoms with van der Waals surface area (Å²) in [6.07, 6.45) is 4.46. The van der Waals surface area contributed by atoms with Gasteiger partial charge < -0.3 is 16.0 Å². The number of carbonyl (C=O) groups excluding carboxylic acids is 1. The van der Waals surface area contributed by atoms with E-state index >= 15 is 0 Å². The minimum Gasteiger partial charge on any atom is -0.399 e. The Hall–Kier alpha value is -1.62. The topological polar surface area (TPSA) is 58.4 Å². The molecule has 2 rings (SSSR count). The number of hydrogen-bond donors (Lipinski definition) is 2. The number of nitrogens with two attached hydrogens (primary N) is 1. The summed E-state index contributed by atoms with van der Waals surface area (Å²) >= 11 is 0. The Morgan fingerprint density at radius 1 is 1.40 bits per heavy atom. The highest BCUT2D eigenvalue weighted by Crippen LogP contribution is 2.33. The van der Waals surface area contributed by atoms with Gasteiger partial charge in [0.15, 0.2) is 0 Å². The van der Waals surface area contributed by atoms with Gasteiger partial charge in [-0.2, -0.15) is 0 Å². The first-order valence-electron chi connectivity index (χ1n) is 6.95. The Morgan fingerprint density at radius 3 is 2.60 bits per heavy atom. The van der Waals surface area contributed by atoms with E-state index in [4.69, 9.17) is 5.73 Å². The second-order valence-corrected chi connectivity index (χ2v) is 5.75. The highest BCUT2D eigenvalue weighted by Gasteiger charge is 2.36. The minimum atomic E-state index is -0.576. The summed E-state index contributed by atoms with van der Waals surface area (Å²) in [7, 11) is 4.06. The summed E-state index contributed by atoms with van der Waals surface area (Å²) in [4.78, 5) is 14.3. The van der Waals surface area contributed by atoms with Crippen LogP contribution in [0, 0.1) is 5.82 Å². The molecule has 1 fully saturated rings. The highest BCUT2D eigenvalue weighted by atomic mass is 19.1. The van der Waals surface area contributed by atoms with E-state index in [0.717, 1.165) is 12.8 Å². The van der Waals surface area contributed by atoms with Crippen molar-refractivity contribution in [1.29, 1.82) is 0 Å². The number of likely N-dealkylation sites (N-methyl/N-ethyl adjacent to an activating group) is 1. The molecule has 3 N–H and O–H groups in total. The SMILES string of the molecule is CN(C)C1(CNC(=O)c2ccc(N)cc2F)CCCC1. The van der Waals surface area contributed by atoms with Gasteiger partial charge in [-0.05, 0) is 45.1 Å². The standard InChI is InChI=1S/C15H22FN3O/c1-19(2)15(7-3-4-8-15)10-18-14(20)12-6-5-11(17)9-13(12)16/h5-6,9H,3-4,7-8,10,17H2,1-2H3,(H,18,20). The van der Waals surface area contributed by atoms with Crippen LogP contribution >= 0.6 is 0 Å². The Kier molecular flexibility index (Phi) is 4.28. The fraction of sp³-hybridized carbons (Fsp3) is 0.533. The lowest BCUT2D eigenvalue weighted by Gasteiger charge is -2.36. The number of nitrogens with one attached hydrogen (secondary N) is 1. The smallest absolute Gasteiger partial charge is 0.254 e. The first-order valence-corrected chi connectivity index (χ1v) is 6.95. The van der Waals surface area contributed by atoms with E-state index in [1.165, 1.54) is 31.0 Å². The van der Waals surface area contributed by atoms with E-state index < -0.39 is 5.82 Å². The molecule has 0 spiro atoms. The molecule has 1 aliphatic carbocycles. The molecule has 0 unspecified atom stereocenters. The molecule has 5 heteroatoms. The molecule has 1 saturated carbocycles. The number of hydrogen-bond acceptors (Lipinski definition) is 3. The third-order valence-corrected chi connectivity index (χ3v) is 4.30. The van der Waals surface area contributed by atoms with E-state index in [-0.39, 0.29) is 17.0 Å². The molecule has 0 radical (unpaired) electrons. The van der Waals surface area contributed by atoms with Crippen molar-refractivity contribution < 1.29 is 9.18 Å². The van der Waals surface area contributed by atoms with Gasteiger partial charge >= 0.3 is 0 Å². The van der Waals surface area contributed by atoms with Crippen molar-refractivity contribution in [2.24, 2.45) is 0 Å². The summed E-state index contributed by atoms with van der Waals surface area (Å²) in [6, 6.07) is 4.14. The largest absolute Gasteiger partial charge is 0.399 e. The van der Waals surface area contributed by atoms with E-state index in [1.54, 1.807) is 0 Å². The number of nitrogens with zero attached hydrogens (tertiary/aromatic N) is 1. The van der Waals surface area contributed by atoms with Gasteiger partial charge in [-0.3, -0.25) is 4.79 Å². The maximum Gasteiger partial charge on any atom is 0.254 e. The van der Waals surface area contributed by atoms with E-state index in [9.17, 15) is 9.18 Å². The monoisotopic (exact) mass is 279 g/mol. The van der Waals surface area contributed by atoms with Gasteiger partial charge in [-0.15, -0.1) is 0 Å². The molecule has 1 aromatic rings. The van der Waals surface area contributed by atoms with Crippen molar-refractivity contribution in [3.8, 4) is 0 Å². The lowest BCUT2D eigenvalue weighted by molar-refractivity contribution is 0.0896. The van der Waals surface area contributed by atoms with Crippen LogP contribution in [0.25, 0.3) is 0 Å². The van der Waals surface area contributed by atoms with E-state index in [1.807, 2.05) is 14.1 Å². The van der Waals surface area contributed by atoms with Gasteiger partial charge in [0.05, 0.1) is 5.56 Å². The fourth-order valence-electron chi connectivity index (χ4n) is 2.87. The average Bonchev–Trinajstić information content (AvgIpc) is 2.86.